The third-order valence-electron chi connectivity index (χ3n) is 5.92. The number of aliphatic hydroxyl groups excluding tert-OH is 1. The minimum Gasteiger partial charge on any atom is -0.390 e. The number of ketones is 1. The summed E-state index contributed by atoms with van der Waals surface area (Å²) in [6, 6.07) is 15.3. The summed E-state index contributed by atoms with van der Waals surface area (Å²) >= 11 is 13.1. The maximum Gasteiger partial charge on any atom is 0.261 e. The van der Waals surface area contributed by atoms with Gasteiger partial charge in [-0.3, -0.25) is 24.2 Å². The highest BCUT2D eigenvalue weighted by molar-refractivity contribution is 6.33. The maximum atomic E-state index is 13.2. The number of β-amino-alcohol motifs (C(OH)–C–C–N with tert-alkyl or cyclic N) is 1. The van der Waals surface area contributed by atoms with Crippen molar-refractivity contribution in [1.29, 1.82) is 0 Å². The van der Waals surface area contributed by atoms with Gasteiger partial charge in [0.1, 0.15) is 5.00 Å². The van der Waals surface area contributed by atoms with Gasteiger partial charge in [-0.2, -0.15) is 0 Å². The Bertz CT molecular complexity index is 1130. The number of imide groups is 1. The van der Waals surface area contributed by atoms with Crippen LogP contribution in [0.5, 0.6) is 0 Å². The van der Waals surface area contributed by atoms with Crippen LogP contribution in [-0.2, 0) is 0 Å². The summed E-state index contributed by atoms with van der Waals surface area (Å²) in [4.78, 5) is 39.8. The van der Waals surface area contributed by atoms with Gasteiger partial charge in [-0.05, 0) is 31.3 Å². The normalized spacial score (nSPS) is 23.0. The summed E-state index contributed by atoms with van der Waals surface area (Å²) in [6.45, 7) is -0.188. The van der Waals surface area contributed by atoms with Crippen LogP contribution in [0.15, 0.2) is 77.9 Å². The summed E-state index contributed by atoms with van der Waals surface area (Å²) in [6.07, 6.45) is 3.74. The lowest BCUT2D eigenvalue weighted by atomic mass is 9.86. The van der Waals surface area contributed by atoms with E-state index in [-0.39, 0.29) is 18.9 Å². The van der Waals surface area contributed by atoms with E-state index in [0.29, 0.717) is 21.7 Å². The van der Waals surface area contributed by atoms with Gasteiger partial charge in [-0.25, -0.2) is 0 Å². The minimum atomic E-state index is -1.30. The molecule has 0 bridgehead atoms. The lowest BCUT2D eigenvalue weighted by Crippen LogP contribution is -2.53. The second kappa shape index (κ2) is 9.23. The van der Waals surface area contributed by atoms with Crippen LogP contribution in [0.1, 0.15) is 31.1 Å². The average molecular weight is 485 g/mol. The molecular formula is C25H22Cl2N2O4. The lowest BCUT2D eigenvalue weighted by molar-refractivity contribution is 0.0431. The van der Waals surface area contributed by atoms with E-state index in [2.05, 4.69) is 0 Å². The predicted molar refractivity (Wildman–Crippen MR) is 126 cm³/mol. The molecule has 0 saturated carbocycles. The molecular weight excluding hydrogens is 463 g/mol. The number of fused-ring (bicyclic) bond motifs is 1. The monoisotopic (exact) mass is 484 g/mol. The van der Waals surface area contributed by atoms with Crippen molar-refractivity contribution in [2.75, 3.05) is 20.1 Å². The molecule has 1 aliphatic carbocycles. The van der Waals surface area contributed by atoms with Crippen molar-refractivity contribution in [3.63, 3.8) is 0 Å². The fraction of sp³-hybridized carbons (Fsp3) is 0.240. The Morgan fingerprint density at radius 1 is 1.09 bits per heavy atom. The first kappa shape index (κ1) is 23.4. The first-order valence-corrected chi connectivity index (χ1v) is 11.2. The van der Waals surface area contributed by atoms with Crippen molar-refractivity contribution in [2.45, 2.75) is 11.1 Å². The van der Waals surface area contributed by atoms with Gasteiger partial charge in [0.2, 0.25) is 0 Å². The van der Waals surface area contributed by atoms with Crippen LogP contribution in [0.3, 0.4) is 0 Å². The Kier molecular flexibility index (Phi) is 6.54. The summed E-state index contributed by atoms with van der Waals surface area (Å²) in [5.41, 5.74) is 1.13. The molecule has 2 aliphatic rings. The number of aliphatic hydroxyl groups is 1. The van der Waals surface area contributed by atoms with Gasteiger partial charge >= 0.3 is 0 Å². The zero-order valence-electron chi connectivity index (χ0n) is 17.8. The third-order valence-corrected chi connectivity index (χ3v) is 6.82. The number of nitrogens with zero attached hydrogens (tertiary/aromatic N) is 2. The molecule has 1 aliphatic heterocycles. The highest BCUT2D eigenvalue weighted by atomic mass is 35.5. The van der Waals surface area contributed by atoms with E-state index in [1.54, 1.807) is 78.7 Å². The van der Waals surface area contributed by atoms with Crippen LogP contribution < -0.4 is 0 Å². The summed E-state index contributed by atoms with van der Waals surface area (Å²) < 4.78 is 0. The summed E-state index contributed by atoms with van der Waals surface area (Å²) in [5, 5.41) is 11.1. The molecule has 2 amide bonds. The molecule has 0 saturated heterocycles. The molecule has 4 rings (SSSR count). The van der Waals surface area contributed by atoms with Crippen molar-refractivity contribution >= 4 is 40.8 Å². The molecule has 3 atom stereocenters. The van der Waals surface area contributed by atoms with Gasteiger partial charge in [-0.1, -0.05) is 71.7 Å². The predicted octanol–water partition coefficient (Wildman–Crippen LogP) is 3.70. The SMILES string of the molecule is CN(CC(O)CN1C(=O)c2ccccc2C1=O)C1(Cl)C=CC(Cl)=CC1C(=O)c1ccccc1. The molecule has 0 spiro atoms. The summed E-state index contributed by atoms with van der Waals surface area (Å²) in [7, 11) is 1.67. The van der Waals surface area contributed by atoms with E-state index in [0.717, 1.165) is 4.90 Å². The van der Waals surface area contributed by atoms with Gasteiger partial charge in [-0.15, -0.1) is 0 Å². The number of carbonyl (C=O) groups excluding carboxylic acids is 3. The van der Waals surface area contributed by atoms with E-state index < -0.39 is 28.8 Å². The van der Waals surface area contributed by atoms with Crippen molar-refractivity contribution in [2.24, 2.45) is 5.92 Å². The van der Waals surface area contributed by atoms with E-state index in [1.807, 2.05) is 6.07 Å². The van der Waals surface area contributed by atoms with Crippen molar-refractivity contribution in [1.82, 2.24) is 9.80 Å². The molecule has 2 aromatic rings. The van der Waals surface area contributed by atoms with Crippen LogP contribution >= 0.6 is 23.2 Å². The molecule has 33 heavy (non-hydrogen) atoms. The Labute approximate surface area is 201 Å². The standard InChI is InChI=1S/C25H22Cl2N2O4/c1-28(14-18(30)15-29-23(32)19-9-5-6-10-20(19)24(29)33)25(27)12-11-17(26)13-21(25)22(31)16-7-3-2-4-8-16/h2-13,18,21,30H,14-15H2,1H3. The molecule has 0 fully saturated rings. The Morgan fingerprint density at radius 2 is 1.67 bits per heavy atom. The van der Waals surface area contributed by atoms with Crippen LogP contribution in [0, 0.1) is 5.92 Å². The number of Topliss-reactive ketones (excluding diaryl/α,β-unsaturated/α-hetero) is 1. The van der Waals surface area contributed by atoms with Crippen molar-refractivity contribution in [3.8, 4) is 0 Å². The number of hydrogen-bond donors (Lipinski definition) is 1. The van der Waals surface area contributed by atoms with Crippen molar-refractivity contribution in [3.05, 3.63) is 94.5 Å². The number of hydrogen-bond acceptors (Lipinski definition) is 5. The first-order chi connectivity index (χ1) is 15.7. The second-order valence-corrected chi connectivity index (χ2v) is 9.16. The van der Waals surface area contributed by atoms with Gasteiger partial charge in [0.15, 0.2) is 5.78 Å². The zero-order chi connectivity index (χ0) is 23.8. The topological polar surface area (TPSA) is 77.9 Å². The molecule has 170 valence electrons. The van der Waals surface area contributed by atoms with Gasteiger partial charge < -0.3 is 5.11 Å². The number of likely N-dealkylation sites (N-methyl/N-ethyl adjacent to an activating group) is 1. The van der Waals surface area contributed by atoms with Gasteiger partial charge in [0.25, 0.3) is 11.8 Å². The number of carbonyl (C=O) groups is 3. The maximum absolute atomic E-state index is 13.2. The largest absolute Gasteiger partial charge is 0.390 e. The highest BCUT2D eigenvalue weighted by Gasteiger charge is 2.44. The quantitative estimate of drug-likeness (QED) is 0.280. The van der Waals surface area contributed by atoms with Crippen molar-refractivity contribution < 1.29 is 19.5 Å². The van der Waals surface area contributed by atoms with E-state index in [1.165, 1.54) is 0 Å². The number of benzene rings is 2. The van der Waals surface area contributed by atoms with Crippen LogP contribution in [0.25, 0.3) is 0 Å². The molecule has 2 aromatic carbocycles. The van der Waals surface area contributed by atoms with Gasteiger partial charge in [0, 0.05) is 17.1 Å². The van der Waals surface area contributed by atoms with E-state index >= 15 is 0 Å². The van der Waals surface area contributed by atoms with Gasteiger partial charge in [0.05, 0.1) is 29.7 Å². The Hall–Kier alpha value is -2.77. The zero-order valence-corrected chi connectivity index (χ0v) is 19.3. The summed E-state index contributed by atoms with van der Waals surface area (Å²) in [5.74, 6) is -1.91. The van der Waals surface area contributed by atoms with Crippen LogP contribution in [0.2, 0.25) is 0 Å². The number of amides is 2. The third kappa shape index (κ3) is 4.39. The fourth-order valence-electron chi connectivity index (χ4n) is 4.17. The Balaban J connectivity index is 1.50. The molecule has 1 N–H and O–H groups in total. The molecule has 0 radical (unpaired) electrons. The van der Waals surface area contributed by atoms with E-state index in [4.69, 9.17) is 23.2 Å². The molecule has 1 heterocycles. The smallest absolute Gasteiger partial charge is 0.261 e. The molecule has 0 aromatic heterocycles. The van der Waals surface area contributed by atoms with Crippen LogP contribution in [-0.4, -0.2) is 63.7 Å². The lowest BCUT2D eigenvalue weighted by Gasteiger charge is -2.41. The Morgan fingerprint density at radius 3 is 2.27 bits per heavy atom. The first-order valence-electron chi connectivity index (χ1n) is 10.4. The van der Waals surface area contributed by atoms with Crippen LogP contribution in [0.4, 0.5) is 0 Å². The second-order valence-electron chi connectivity index (χ2n) is 8.12. The molecule has 8 heteroatoms. The average Bonchev–Trinajstić information content (AvgIpc) is 3.05. The molecule has 6 nitrogen and oxygen atoms in total. The number of alkyl halides is 1. The molecule has 3 unspecified atom stereocenters. The number of halogens is 2. The van der Waals surface area contributed by atoms with E-state index in [9.17, 15) is 19.5 Å². The minimum absolute atomic E-state index is 0.00523. The highest BCUT2D eigenvalue weighted by Crippen LogP contribution is 2.39. The fourth-order valence-corrected chi connectivity index (χ4v) is 4.65. The number of rotatable bonds is 7. The number of allylic oxidation sites excluding steroid dienone is 2.